The van der Waals surface area contributed by atoms with Gasteiger partial charge in [-0.2, -0.15) is 0 Å². The maximum absolute atomic E-state index is 9.95. The first-order valence-electron chi connectivity index (χ1n) is 5.80. The predicted octanol–water partition coefficient (Wildman–Crippen LogP) is 4.34. The van der Waals surface area contributed by atoms with Crippen LogP contribution < -0.4 is 0 Å². The number of benzene rings is 1. The van der Waals surface area contributed by atoms with Gasteiger partial charge in [-0.25, -0.2) is 0 Å². The summed E-state index contributed by atoms with van der Waals surface area (Å²) >= 11 is 0. The van der Waals surface area contributed by atoms with Gasteiger partial charge in [0.05, 0.1) is 0 Å². The van der Waals surface area contributed by atoms with Crippen LogP contribution in [-0.4, -0.2) is 5.11 Å². The highest BCUT2D eigenvalue weighted by atomic mass is 16.3. The smallest absolute Gasteiger partial charge is 0.121 e. The van der Waals surface area contributed by atoms with E-state index in [1.54, 1.807) is 0 Å². The lowest BCUT2D eigenvalue weighted by atomic mass is 9.90. The van der Waals surface area contributed by atoms with Crippen LogP contribution in [0.3, 0.4) is 0 Å². The fourth-order valence-electron chi connectivity index (χ4n) is 1.80. The molecule has 1 heteroatoms. The molecule has 1 nitrogen and oxygen atoms in total. The molecule has 0 aliphatic heterocycles. The number of aryl methyl sites for hydroxylation is 1. The van der Waals surface area contributed by atoms with Crippen LogP contribution in [0.2, 0.25) is 0 Å². The molecule has 0 saturated carbocycles. The van der Waals surface area contributed by atoms with Gasteiger partial charge < -0.3 is 5.11 Å². The van der Waals surface area contributed by atoms with E-state index in [1.807, 2.05) is 6.92 Å². The number of hydrogen-bond donors (Lipinski definition) is 1. The maximum atomic E-state index is 9.95. The minimum Gasteiger partial charge on any atom is -0.507 e. The summed E-state index contributed by atoms with van der Waals surface area (Å²) in [6, 6.07) is 4.26. The van der Waals surface area contributed by atoms with Gasteiger partial charge >= 0.3 is 0 Å². The molecule has 0 fully saturated rings. The Labute approximate surface area is 93.1 Å². The van der Waals surface area contributed by atoms with E-state index in [-0.39, 0.29) is 0 Å². The van der Waals surface area contributed by atoms with Crippen molar-refractivity contribution in [1.29, 1.82) is 0 Å². The first kappa shape index (κ1) is 12.1. The van der Waals surface area contributed by atoms with E-state index in [9.17, 15) is 5.11 Å². The van der Waals surface area contributed by atoms with E-state index >= 15 is 0 Å². The molecule has 84 valence electrons. The summed E-state index contributed by atoms with van der Waals surface area (Å²) in [6.07, 6.45) is 1.14. The molecule has 0 aliphatic carbocycles. The largest absolute Gasteiger partial charge is 0.507 e. The molecule has 1 rings (SSSR count). The third-order valence-corrected chi connectivity index (χ3v) is 3.16. The molecule has 0 spiro atoms. The van der Waals surface area contributed by atoms with Gasteiger partial charge in [0.2, 0.25) is 0 Å². The van der Waals surface area contributed by atoms with Crippen LogP contribution in [0, 0.1) is 6.92 Å². The maximum Gasteiger partial charge on any atom is 0.121 e. The predicted molar refractivity (Wildman–Crippen MR) is 65.6 cm³/mol. The van der Waals surface area contributed by atoms with E-state index in [0.717, 1.165) is 17.5 Å². The summed E-state index contributed by atoms with van der Waals surface area (Å²) in [6.45, 7) is 10.6. The van der Waals surface area contributed by atoms with Gasteiger partial charge in [0.25, 0.3) is 0 Å². The number of phenols is 1. The van der Waals surface area contributed by atoms with Crippen molar-refractivity contribution in [3.63, 3.8) is 0 Å². The Kier molecular flexibility index (Phi) is 3.78. The van der Waals surface area contributed by atoms with Crippen molar-refractivity contribution in [3.05, 3.63) is 28.8 Å². The van der Waals surface area contributed by atoms with Gasteiger partial charge in [-0.15, -0.1) is 0 Å². The number of aromatic hydroxyl groups is 1. The molecule has 1 N–H and O–H groups in total. The third kappa shape index (κ3) is 2.53. The molecule has 15 heavy (non-hydrogen) atoms. The summed E-state index contributed by atoms with van der Waals surface area (Å²) in [7, 11) is 0. The minimum absolute atomic E-state index is 0.382. The standard InChI is InChI=1S/C14H22O/c1-6-10(4)12-7-11(5)14(15)13(8-12)9(2)3/h7-10,15H,6H2,1-5H3. The Morgan fingerprint density at radius 3 is 2.27 bits per heavy atom. The quantitative estimate of drug-likeness (QED) is 0.780. The zero-order chi connectivity index (χ0) is 11.6. The zero-order valence-corrected chi connectivity index (χ0v) is 10.5. The van der Waals surface area contributed by atoms with Crippen LogP contribution in [0.25, 0.3) is 0 Å². The van der Waals surface area contributed by atoms with Crippen LogP contribution in [0.1, 0.15) is 62.6 Å². The Morgan fingerprint density at radius 1 is 1.20 bits per heavy atom. The van der Waals surface area contributed by atoms with Gasteiger partial charge in [-0.1, -0.05) is 39.8 Å². The zero-order valence-electron chi connectivity index (χ0n) is 10.5. The number of phenolic OH excluding ortho intramolecular Hbond substituents is 1. The van der Waals surface area contributed by atoms with E-state index in [2.05, 4.69) is 39.8 Å². The summed E-state index contributed by atoms with van der Waals surface area (Å²) in [5, 5.41) is 9.95. The molecular weight excluding hydrogens is 184 g/mol. The van der Waals surface area contributed by atoms with Crippen molar-refractivity contribution < 1.29 is 5.11 Å². The molecule has 0 amide bonds. The summed E-state index contributed by atoms with van der Waals surface area (Å²) in [5.41, 5.74) is 3.42. The first-order chi connectivity index (χ1) is 6.97. The molecule has 0 radical (unpaired) electrons. The monoisotopic (exact) mass is 206 g/mol. The Bertz CT molecular complexity index is 339. The van der Waals surface area contributed by atoms with Crippen molar-refractivity contribution in [2.75, 3.05) is 0 Å². The SMILES string of the molecule is CCC(C)c1cc(C)c(O)c(C(C)C)c1. The molecule has 1 aromatic rings. The molecule has 1 unspecified atom stereocenters. The first-order valence-corrected chi connectivity index (χ1v) is 5.80. The lowest BCUT2D eigenvalue weighted by Crippen LogP contribution is -1.97. The van der Waals surface area contributed by atoms with E-state index in [4.69, 9.17) is 0 Å². The normalized spacial score (nSPS) is 13.2. The minimum atomic E-state index is 0.382. The second kappa shape index (κ2) is 4.69. The van der Waals surface area contributed by atoms with E-state index in [0.29, 0.717) is 17.6 Å². The number of hydrogen-bond acceptors (Lipinski definition) is 1. The summed E-state index contributed by atoms with van der Waals surface area (Å²) < 4.78 is 0. The Morgan fingerprint density at radius 2 is 1.80 bits per heavy atom. The van der Waals surface area contributed by atoms with E-state index < -0.39 is 0 Å². The molecule has 0 aliphatic rings. The average Bonchev–Trinajstić information content (AvgIpc) is 2.20. The molecule has 0 aromatic heterocycles. The van der Waals surface area contributed by atoms with E-state index in [1.165, 1.54) is 5.56 Å². The summed E-state index contributed by atoms with van der Waals surface area (Å²) in [5.74, 6) is 1.42. The van der Waals surface area contributed by atoms with Gasteiger partial charge in [-0.05, 0) is 41.9 Å². The Balaban J connectivity index is 3.23. The van der Waals surface area contributed by atoms with Crippen molar-refractivity contribution >= 4 is 0 Å². The van der Waals surface area contributed by atoms with Crippen LogP contribution in [0.4, 0.5) is 0 Å². The number of rotatable bonds is 3. The lowest BCUT2D eigenvalue weighted by Gasteiger charge is -2.16. The highest BCUT2D eigenvalue weighted by Crippen LogP contribution is 2.33. The molecule has 0 bridgehead atoms. The highest BCUT2D eigenvalue weighted by molar-refractivity contribution is 5.45. The molecule has 0 saturated heterocycles. The summed E-state index contributed by atoms with van der Waals surface area (Å²) in [4.78, 5) is 0. The van der Waals surface area contributed by atoms with Crippen molar-refractivity contribution in [2.45, 2.75) is 52.9 Å². The second-order valence-corrected chi connectivity index (χ2v) is 4.74. The lowest BCUT2D eigenvalue weighted by molar-refractivity contribution is 0.460. The van der Waals surface area contributed by atoms with Gasteiger partial charge in [-0.3, -0.25) is 0 Å². The van der Waals surface area contributed by atoms with Gasteiger partial charge in [0, 0.05) is 0 Å². The second-order valence-electron chi connectivity index (χ2n) is 4.74. The van der Waals surface area contributed by atoms with Crippen molar-refractivity contribution in [1.82, 2.24) is 0 Å². The Hall–Kier alpha value is -0.980. The van der Waals surface area contributed by atoms with Gasteiger partial charge in [0.1, 0.15) is 5.75 Å². The molecule has 0 heterocycles. The van der Waals surface area contributed by atoms with Crippen molar-refractivity contribution in [2.24, 2.45) is 0 Å². The molecule has 1 atom stereocenters. The van der Waals surface area contributed by atoms with Crippen LogP contribution in [0.15, 0.2) is 12.1 Å². The van der Waals surface area contributed by atoms with Crippen LogP contribution >= 0.6 is 0 Å². The fraction of sp³-hybridized carbons (Fsp3) is 0.571. The third-order valence-electron chi connectivity index (χ3n) is 3.16. The van der Waals surface area contributed by atoms with Crippen LogP contribution in [-0.2, 0) is 0 Å². The fourth-order valence-corrected chi connectivity index (χ4v) is 1.80. The van der Waals surface area contributed by atoms with Crippen molar-refractivity contribution in [3.8, 4) is 5.75 Å². The molecular formula is C14H22O. The van der Waals surface area contributed by atoms with Crippen LogP contribution in [0.5, 0.6) is 5.75 Å². The topological polar surface area (TPSA) is 20.2 Å². The highest BCUT2D eigenvalue weighted by Gasteiger charge is 2.12. The average molecular weight is 206 g/mol. The molecule has 1 aromatic carbocycles. The van der Waals surface area contributed by atoms with Gasteiger partial charge in [0.15, 0.2) is 0 Å².